The zero-order chi connectivity index (χ0) is 32.2. The zero-order valence-corrected chi connectivity index (χ0v) is 24.9. The van der Waals surface area contributed by atoms with Crippen molar-refractivity contribution in [3.63, 3.8) is 0 Å². The Morgan fingerprint density at radius 2 is 1.76 bits per heavy atom. The number of nitrogen functional groups attached to an aromatic ring is 1. The summed E-state index contributed by atoms with van der Waals surface area (Å²) in [6.07, 6.45) is 0.696. The molecule has 4 N–H and O–H groups in total. The standard InChI is InChI=1S/C31H27F2N5O6S/c1-3-42-31(40)17-4-7-19(8-5-17)45(41)20-9-11-24(21(15-20)29-36-12-13-38(29)2)43-27-22(32)16-37-30(26(27)33)44-25-14-18(28(34)35)6-10-23(25)39/h4-11,14-16,39H,3,12-13H2,1-2H3,(H3,34,35). The van der Waals surface area contributed by atoms with Crippen LogP contribution in [0.1, 0.15) is 28.4 Å². The maximum atomic E-state index is 15.6. The van der Waals surface area contributed by atoms with Gasteiger partial charge in [0.2, 0.25) is 11.6 Å². The van der Waals surface area contributed by atoms with Crippen molar-refractivity contribution in [1.29, 1.82) is 5.41 Å². The first-order valence-electron chi connectivity index (χ1n) is 13.5. The average molecular weight is 636 g/mol. The lowest BCUT2D eigenvalue weighted by Crippen LogP contribution is -2.24. The first-order valence-corrected chi connectivity index (χ1v) is 14.7. The molecule has 1 unspecified atom stereocenters. The van der Waals surface area contributed by atoms with E-state index in [4.69, 9.17) is 25.4 Å². The number of rotatable bonds is 10. The molecule has 0 saturated carbocycles. The minimum atomic E-state index is -1.70. The third-order valence-electron chi connectivity index (χ3n) is 6.63. The molecule has 0 bridgehead atoms. The van der Waals surface area contributed by atoms with Gasteiger partial charge < -0.3 is 30.0 Å². The molecule has 0 saturated heterocycles. The Morgan fingerprint density at radius 1 is 1.04 bits per heavy atom. The molecule has 14 heteroatoms. The van der Waals surface area contributed by atoms with Gasteiger partial charge >= 0.3 is 5.97 Å². The number of halogens is 2. The van der Waals surface area contributed by atoms with Crippen LogP contribution < -0.4 is 15.2 Å². The van der Waals surface area contributed by atoms with Crippen molar-refractivity contribution in [3.05, 3.63) is 95.2 Å². The van der Waals surface area contributed by atoms with E-state index in [0.717, 1.165) is 0 Å². The number of hydrogen-bond acceptors (Lipinski definition) is 10. The van der Waals surface area contributed by atoms with Crippen molar-refractivity contribution in [3.8, 4) is 28.9 Å². The van der Waals surface area contributed by atoms with Crippen LogP contribution in [0.2, 0.25) is 0 Å². The Kier molecular flexibility index (Phi) is 9.04. The second-order valence-corrected chi connectivity index (χ2v) is 11.1. The van der Waals surface area contributed by atoms with Gasteiger partial charge in [-0.2, -0.15) is 4.39 Å². The molecule has 45 heavy (non-hydrogen) atoms. The number of carbonyl (C=O) groups excluding carboxylic acids is 1. The van der Waals surface area contributed by atoms with Crippen molar-refractivity contribution in [2.45, 2.75) is 16.7 Å². The Labute approximate surface area is 258 Å². The van der Waals surface area contributed by atoms with Crippen LogP contribution in [0, 0.1) is 17.0 Å². The number of phenols is 1. The van der Waals surface area contributed by atoms with Gasteiger partial charge in [0, 0.05) is 28.9 Å². The van der Waals surface area contributed by atoms with E-state index in [1.165, 1.54) is 42.5 Å². The van der Waals surface area contributed by atoms with Gasteiger partial charge in [0.25, 0.3) is 5.88 Å². The maximum absolute atomic E-state index is 15.6. The van der Waals surface area contributed by atoms with Crippen LogP contribution in [0.25, 0.3) is 0 Å². The minimum Gasteiger partial charge on any atom is -0.504 e. The fourth-order valence-electron chi connectivity index (χ4n) is 4.35. The van der Waals surface area contributed by atoms with Crippen molar-refractivity contribution in [2.75, 3.05) is 26.7 Å². The van der Waals surface area contributed by atoms with E-state index in [2.05, 4.69) is 9.98 Å². The number of nitrogens with two attached hydrogens (primary N) is 1. The number of esters is 1. The maximum Gasteiger partial charge on any atom is 0.338 e. The Hall–Kier alpha value is -5.37. The lowest BCUT2D eigenvalue weighted by atomic mass is 10.1. The monoisotopic (exact) mass is 635 g/mol. The van der Waals surface area contributed by atoms with Crippen LogP contribution >= 0.6 is 0 Å². The van der Waals surface area contributed by atoms with Crippen molar-refractivity contribution in [1.82, 2.24) is 9.88 Å². The third kappa shape index (κ3) is 6.60. The first kappa shape index (κ1) is 31.1. The van der Waals surface area contributed by atoms with Crippen LogP contribution in [0.15, 0.2) is 81.6 Å². The fourth-order valence-corrected chi connectivity index (χ4v) is 5.42. The number of nitrogens with zero attached hydrogens (tertiary/aromatic N) is 3. The summed E-state index contributed by atoms with van der Waals surface area (Å²) in [7, 11) is 0.0880. The number of nitrogens with one attached hydrogen (secondary N) is 1. The molecule has 1 aromatic heterocycles. The number of benzene rings is 3. The lowest BCUT2D eigenvalue weighted by Gasteiger charge is -2.19. The molecule has 3 aromatic carbocycles. The predicted octanol–water partition coefficient (Wildman–Crippen LogP) is 4.97. The highest BCUT2D eigenvalue weighted by Crippen LogP contribution is 2.38. The first-order chi connectivity index (χ1) is 21.6. The number of amidine groups is 2. The quantitative estimate of drug-likeness (QED) is 0.124. The lowest BCUT2D eigenvalue weighted by molar-refractivity contribution is 0.0526. The van der Waals surface area contributed by atoms with Crippen LogP contribution in [0.4, 0.5) is 8.78 Å². The molecule has 0 amide bonds. The highest BCUT2D eigenvalue weighted by molar-refractivity contribution is 7.85. The number of pyridine rings is 1. The third-order valence-corrected chi connectivity index (χ3v) is 8.02. The summed E-state index contributed by atoms with van der Waals surface area (Å²) in [5.74, 6) is -4.98. The highest BCUT2D eigenvalue weighted by atomic mass is 32.2. The topological polar surface area (TPSA) is 160 Å². The summed E-state index contributed by atoms with van der Waals surface area (Å²) >= 11 is 0. The van der Waals surface area contributed by atoms with E-state index in [-0.39, 0.29) is 29.5 Å². The minimum absolute atomic E-state index is 0.0114. The van der Waals surface area contributed by atoms with Crippen LogP contribution in [-0.2, 0) is 15.5 Å². The number of aromatic nitrogens is 1. The van der Waals surface area contributed by atoms with Crippen molar-refractivity contribution < 1.29 is 37.1 Å². The second-order valence-electron chi connectivity index (χ2n) is 9.65. The number of likely N-dealkylation sites (N-methyl/N-ethyl adjacent to an activating group) is 1. The Morgan fingerprint density at radius 3 is 2.42 bits per heavy atom. The largest absolute Gasteiger partial charge is 0.504 e. The average Bonchev–Trinajstić information content (AvgIpc) is 3.46. The van der Waals surface area contributed by atoms with Crippen LogP contribution in [0.5, 0.6) is 28.9 Å². The van der Waals surface area contributed by atoms with Gasteiger partial charge in [-0.3, -0.25) is 10.4 Å². The molecule has 2 heterocycles. The second kappa shape index (κ2) is 13.1. The number of ether oxygens (including phenoxy) is 3. The van der Waals surface area contributed by atoms with E-state index < -0.39 is 45.8 Å². The zero-order valence-electron chi connectivity index (χ0n) is 24.0. The number of phenolic OH excluding ortho intramolecular Hbond substituents is 1. The molecular weight excluding hydrogens is 608 g/mol. The van der Waals surface area contributed by atoms with Gasteiger partial charge in [0.05, 0.1) is 41.3 Å². The summed E-state index contributed by atoms with van der Waals surface area (Å²) in [5, 5.41) is 17.7. The predicted molar refractivity (Wildman–Crippen MR) is 161 cm³/mol. The van der Waals surface area contributed by atoms with E-state index in [1.54, 1.807) is 32.2 Å². The summed E-state index contributed by atoms with van der Waals surface area (Å²) in [6, 6.07) is 14.4. The van der Waals surface area contributed by atoms with Gasteiger partial charge in [0.1, 0.15) is 17.4 Å². The molecule has 0 radical (unpaired) electrons. The molecule has 1 aliphatic rings. The highest BCUT2D eigenvalue weighted by Gasteiger charge is 2.25. The molecule has 4 aromatic rings. The molecule has 232 valence electrons. The van der Waals surface area contributed by atoms with E-state index >= 15 is 4.39 Å². The van der Waals surface area contributed by atoms with E-state index in [0.29, 0.717) is 46.0 Å². The van der Waals surface area contributed by atoms with E-state index in [9.17, 15) is 18.5 Å². The fraction of sp³-hybridized carbons (Fsp3) is 0.161. The SMILES string of the molecule is CCOC(=O)c1ccc(S(=O)c2ccc(Oc3c(F)cnc(Oc4cc(C(=N)N)ccc4O)c3F)c(C3=NCCN3C)c2)cc1. The summed E-state index contributed by atoms with van der Waals surface area (Å²) in [5.41, 5.74) is 6.33. The molecule has 0 aliphatic carbocycles. The molecular formula is C31H27F2N5O6S. The van der Waals surface area contributed by atoms with Gasteiger partial charge in [-0.1, -0.05) is 0 Å². The van der Waals surface area contributed by atoms with Gasteiger partial charge in [-0.25, -0.2) is 18.4 Å². The number of aliphatic imine (C=N–C) groups is 1. The smallest absolute Gasteiger partial charge is 0.338 e. The Balaban J connectivity index is 1.49. The van der Waals surface area contributed by atoms with E-state index in [1.807, 2.05) is 4.90 Å². The molecule has 1 aliphatic heterocycles. The number of hydrogen-bond donors (Lipinski definition) is 3. The molecule has 1 atom stereocenters. The van der Waals surface area contributed by atoms with Crippen LogP contribution in [0.3, 0.4) is 0 Å². The molecule has 0 spiro atoms. The van der Waals surface area contributed by atoms with Crippen molar-refractivity contribution in [2.24, 2.45) is 10.7 Å². The normalized spacial score (nSPS) is 13.2. The van der Waals surface area contributed by atoms with Gasteiger partial charge in [0.15, 0.2) is 17.3 Å². The summed E-state index contributed by atoms with van der Waals surface area (Å²) < 4.78 is 60.3. The number of carbonyl (C=O) groups is 1. The molecule has 11 nitrogen and oxygen atoms in total. The van der Waals surface area contributed by atoms with Gasteiger partial charge in [-0.15, -0.1) is 0 Å². The Bertz CT molecular complexity index is 1850. The van der Waals surface area contributed by atoms with Crippen molar-refractivity contribution >= 4 is 28.4 Å². The van der Waals surface area contributed by atoms with Crippen LogP contribution in [-0.4, -0.2) is 63.6 Å². The molecule has 5 rings (SSSR count). The summed E-state index contributed by atoms with van der Waals surface area (Å²) in [6.45, 7) is 2.97. The summed E-state index contributed by atoms with van der Waals surface area (Å²) in [4.78, 5) is 22.7. The van der Waals surface area contributed by atoms with Gasteiger partial charge in [-0.05, 0) is 67.6 Å². The molecule has 0 fully saturated rings. The number of aromatic hydroxyl groups is 1.